The number of sulfonamides is 1. The van der Waals surface area contributed by atoms with Gasteiger partial charge in [0.05, 0.1) is 4.90 Å². The van der Waals surface area contributed by atoms with Gasteiger partial charge in [0.1, 0.15) is 0 Å². The molecule has 0 saturated heterocycles. The standard InChI is InChI=1S/C12H18NO2S.K.Na.H/c1-3-4-5-10-13-16(14,15)12-8-6-11(2)7-9-12;;;/h6-9H,3-5,10H2,1-2H3;;;/q;+1;;. The Hall–Kier alpha value is 1.77. The average molecular weight is 303 g/mol. The number of nitrogens with zero attached hydrogens (tertiary/aromatic N) is 1. The fraction of sp³-hybridized carbons (Fsp3) is 0.500. The van der Waals surface area contributed by atoms with Gasteiger partial charge in [-0.1, -0.05) is 37.5 Å². The minimum atomic E-state index is -3.43. The SMILES string of the molecule is CCCCC[N]S(=O)(=O)c1ccc(C)cc1.[K+].[NaH]. The Morgan fingerprint density at radius 3 is 2.17 bits per heavy atom. The van der Waals surface area contributed by atoms with Crippen LogP contribution in [0.5, 0.6) is 0 Å². The van der Waals surface area contributed by atoms with Crippen LogP contribution in [0, 0.1) is 6.92 Å². The van der Waals surface area contributed by atoms with Gasteiger partial charge in [-0.3, -0.25) is 0 Å². The molecular formula is C12H19KNNaO2S+. The van der Waals surface area contributed by atoms with Crippen LogP contribution in [0.15, 0.2) is 29.2 Å². The monoisotopic (exact) mass is 303 g/mol. The zero-order valence-electron chi connectivity index (χ0n) is 10.8. The van der Waals surface area contributed by atoms with Crippen LogP contribution >= 0.6 is 0 Å². The summed E-state index contributed by atoms with van der Waals surface area (Å²) in [7, 11) is -3.43. The molecule has 18 heavy (non-hydrogen) atoms. The van der Waals surface area contributed by atoms with Crippen LogP contribution in [-0.2, 0) is 10.0 Å². The first-order valence-electron chi connectivity index (χ1n) is 5.56. The Kier molecular flexibility index (Phi) is 14.0. The molecule has 0 aliphatic carbocycles. The van der Waals surface area contributed by atoms with E-state index >= 15 is 0 Å². The van der Waals surface area contributed by atoms with Crippen LogP contribution in [0.25, 0.3) is 0 Å². The molecule has 0 saturated carbocycles. The molecule has 0 aromatic heterocycles. The van der Waals surface area contributed by atoms with Crippen molar-refractivity contribution in [2.45, 2.75) is 38.0 Å². The molecular weight excluding hydrogens is 284 g/mol. The normalized spacial score (nSPS) is 10.3. The summed E-state index contributed by atoms with van der Waals surface area (Å²) in [6, 6.07) is 6.78. The molecule has 1 radical (unpaired) electrons. The van der Waals surface area contributed by atoms with Gasteiger partial charge in [-0.15, -0.1) is 4.72 Å². The third-order valence-electron chi connectivity index (χ3n) is 2.34. The van der Waals surface area contributed by atoms with Crippen molar-refractivity contribution < 1.29 is 59.8 Å². The molecule has 0 amide bonds. The van der Waals surface area contributed by atoms with E-state index in [4.69, 9.17) is 0 Å². The van der Waals surface area contributed by atoms with Crippen molar-refractivity contribution in [3.8, 4) is 0 Å². The number of hydrogen-bond donors (Lipinski definition) is 0. The van der Waals surface area contributed by atoms with Gasteiger partial charge in [0.25, 0.3) is 10.0 Å². The maximum atomic E-state index is 11.7. The molecule has 0 heterocycles. The van der Waals surface area contributed by atoms with E-state index in [-0.39, 0.29) is 85.8 Å². The molecule has 91 valence electrons. The number of unbranched alkanes of at least 4 members (excludes halogenated alkanes) is 2. The Morgan fingerprint density at radius 2 is 1.67 bits per heavy atom. The number of hydrogen-bond acceptors (Lipinski definition) is 2. The summed E-state index contributed by atoms with van der Waals surface area (Å²) in [5.41, 5.74) is 1.05. The van der Waals surface area contributed by atoms with Gasteiger partial charge in [0.2, 0.25) is 0 Å². The molecule has 0 unspecified atom stereocenters. The van der Waals surface area contributed by atoms with Crippen molar-refractivity contribution in [2.75, 3.05) is 6.54 Å². The van der Waals surface area contributed by atoms with Crippen molar-refractivity contribution in [2.24, 2.45) is 0 Å². The second-order valence-electron chi connectivity index (χ2n) is 3.85. The summed E-state index contributed by atoms with van der Waals surface area (Å²) in [6.07, 6.45) is 2.93. The predicted molar refractivity (Wildman–Crippen MR) is 72.0 cm³/mol. The summed E-state index contributed by atoms with van der Waals surface area (Å²) >= 11 is 0. The second-order valence-corrected chi connectivity index (χ2v) is 5.53. The summed E-state index contributed by atoms with van der Waals surface area (Å²) in [6.45, 7) is 4.40. The first kappa shape index (κ1) is 22.1. The summed E-state index contributed by atoms with van der Waals surface area (Å²) in [5, 5.41) is 0. The van der Waals surface area contributed by atoms with Gasteiger partial charge in [-0.05, 0) is 25.5 Å². The van der Waals surface area contributed by atoms with E-state index in [0.717, 1.165) is 24.8 Å². The Balaban J connectivity index is 0. The molecule has 1 aromatic rings. The van der Waals surface area contributed by atoms with Crippen LogP contribution < -0.4 is 56.1 Å². The van der Waals surface area contributed by atoms with Gasteiger partial charge < -0.3 is 0 Å². The molecule has 0 N–H and O–H groups in total. The van der Waals surface area contributed by atoms with Crippen molar-refractivity contribution in [3.05, 3.63) is 29.8 Å². The molecule has 0 fully saturated rings. The van der Waals surface area contributed by atoms with Crippen molar-refractivity contribution in [1.29, 1.82) is 0 Å². The number of aryl methyl sites for hydroxylation is 1. The van der Waals surface area contributed by atoms with Crippen LogP contribution in [0.2, 0.25) is 0 Å². The second kappa shape index (κ2) is 11.4. The summed E-state index contributed by atoms with van der Waals surface area (Å²) < 4.78 is 27.2. The topological polar surface area (TPSA) is 48.2 Å². The number of benzene rings is 1. The van der Waals surface area contributed by atoms with Crippen LogP contribution in [0.1, 0.15) is 31.7 Å². The molecule has 1 rings (SSSR count). The maximum absolute atomic E-state index is 11.7. The van der Waals surface area contributed by atoms with E-state index in [0.29, 0.717) is 6.54 Å². The molecule has 0 atom stereocenters. The molecule has 3 nitrogen and oxygen atoms in total. The Bertz CT molecular complexity index is 420. The zero-order valence-corrected chi connectivity index (χ0v) is 14.7. The molecule has 0 aliphatic heterocycles. The van der Waals surface area contributed by atoms with E-state index in [1.54, 1.807) is 24.3 Å². The van der Waals surface area contributed by atoms with Gasteiger partial charge in [-0.25, -0.2) is 8.42 Å². The van der Waals surface area contributed by atoms with Crippen molar-refractivity contribution in [1.82, 2.24) is 4.72 Å². The fourth-order valence-corrected chi connectivity index (χ4v) is 2.33. The fourth-order valence-electron chi connectivity index (χ4n) is 1.33. The minimum absolute atomic E-state index is 0. The predicted octanol–water partition coefficient (Wildman–Crippen LogP) is -1.17. The van der Waals surface area contributed by atoms with E-state index in [2.05, 4.69) is 11.6 Å². The van der Waals surface area contributed by atoms with Gasteiger partial charge >= 0.3 is 80.9 Å². The number of rotatable bonds is 6. The molecule has 6 heteroatoms. The first-order chi connectivity index (χ1) is 7.56. The third kappa shape index (κ3) is 8.14. The van der Waals surface area contributed by atoms with Crippen LogP contribution in [-0.4, -0.2) is 44.5 Å². The van der Waals surface area contributed by atoms with E-state index in [9.17, 15) is 8.42 Å². The van der Waals surface area contributed by atoms with Gasteiger partial charge in [0.15, 0.2) is 0 Å². The molecule has 0 aliphatic rings. The van der Waals surface area contributed by atoms with Crippen LogP contribution in [0.3, 0.4) is 0 Å². The summed E-state index contributed by atoms with van der Waals surface area (Å²) in [4.78, 5) is 0.287. The van der Waals surface area contributed by atoms with Crippen molar-refractivity contribution in [3.63, 3.8) is 0 Å². The molecule has 1 aromatic carbocycles. The summed E-state index contributed by atoms with van der Waals surface area (Å²) in [5.74, 6) is 0. The van der Waals surface area contributed by atoms with Crippen molar-refractivity contribution >= 4 is 39.6 Å². The van der Waals surface area contributed by atoms with Crippen LogP contribution in [0.4, 0.5) is 0 Å². The van der Waals surface area contributed by atoms with Gasteiger partial charge in [-0.2, -0.15) is 0 Å². The third-order valence-corrected chi connectivity index (χ3v) is 3.73. The molecule has 0 bridgehead atoms. The Morgan fingerprint density at radius 1 is 1.11 bits per heavy atom. The molecule has 0 spiro atoms. The Labute approximate surface area is 175 Å². The van der Waals surface area contributed by atoms with E-state index < -0.39 is 10.0 Å². The van der Waals surface area contributed by atoms with E-state index in [1.807, 2.05) is 6.92 Å². The van der Waals surface area contributed by atoms with Gasteiger partial charge in [0, 0.05) is 6.54 Å². The zero-order chi connectivity index (χ0) is 12.0. The first-order valence-corrected chi connectivity index (χ1v) is 7.00. The van der Waals surface area contributed by atoms with E-state index in [1.165, 1.54) is 0 Å². The average Bonchev–Trinajstić information content (AvgIpc) is 2.25. The quantitative estimate of drug-likeness (QED) is 0.491.